The summed E-state index contributed by atoms with van der Waals surface area (Å²) in [5.41, 5.74) is 2.72. The van der Waals surface area contributed by atoms with E-state index in [4.69, 9.17) is 0 Å². The minimum atomic E-state index is -0.401. The minimum absolute atomic E-state index is 0.0157. The first kappa shape index (κ1) is 18.9. The van der Waals surface area contributed by atoms with E-state index in [1.54, 1.807) is 12.1 Å². The normalized spacial score (nSPS) is 16.8. The second-order valence-corrected chi connectivity index (χ2v) is 7.16. The molecule has 0 aromatic heterocycles. The Kier molecular flexibility index (Phi) is 5.74. The van der Waals surface area contributed by atoms with Crippen LogP contribution in [0.15, 0.2) is 42.5 Å². The van der Waals surface area contributed by atoms with Crippen molar-refractivity contribution in [2.75, 3.05) is 23.3 Å². The van der Waals surface area contributed by atoms with Gasteiger partial charge in [0.15, 0.2) is 0 Å². The van der Waals surface area contributed by atoms with Gasteiger partial charge in [0, 0.05) is 30.4 Å². The zero-order valence-electron chi connectivity index (χ0n) is 15.8. The van der Waals surface area contributed by atoms with Crippen molar-refractivity contribution >= 4 is 23.0 Å². The highest BCUT2D eigenvalue weighted by Gasteiger charge is 2.25. The highest BCUT2D eigenvalue weighted by Crippen LogP contribution is 2.32. The number of hydrogen-bond acceptors (Lipinski definition) is 4. The van der Waals surface area contributed by atoms with E-state index >= 15 is 0 Å². The molecule has 1 heterocycles. The first-order valence-electron chi connectivity index (χ1n) is 9.41. The molecule has 1 aliphatic heterocycles. The molecule has 2 aromatic rings. The first-order chi connectivity index (χ1) is 13.0. The van der Waals surface area contributed by atoms with Crippen molar-refractivity contribution in [1.29, 1.82) is 0 Å². The maximum Gasteiger partial charge on any atom is 0.293 e. The molecule has 0 unspecified atom stereocenters. The van der Waals surface area contributed by atoms with Crippen LogP contribution in [0.5, 0.6) is 0 Å². The van der Waals surface area contributed by atoms with Gasteiger partial charge in [-0.1, -0.05) is 26.0 Å². The maximum absolute atomic E-state index is 12.5. The minimum Gasteiger partial charge on any atom is -0.366 e. The monoisotopic (exact) mass is 367 g/mol. The molecule has 27 heavy (non-hydrogen) atoms. The molecule has 2 aromatic carbocycles. The number of nitro groups is 1. The van der Waals surface area contributed by atoms with Gasteiger partial charge in [0.2, 0.25) is 0 Å². The summed E-state index contributed by atoms with van der Waals surface area (Å²) < 4.78 is 0. The van der Waals surface area contributed by atoms with Crippen molar-refractivity contribution in [3.63, 3.8) is 0 Å². The zero-order chi connectivity index (χ0) is 19.4. The maximum atomic E-state index is 12.5. The Labute approximate surface area is 159 Å². The van der Waals surface area contributed by atoms with Crippen LogP contribution in [0.1, 0.15) is 42.6 Å². The summed E-state index contributed by atoms with van der Waals surface area (Å²) >= 11 is 0. The van der Waals surface area contributed by atoms with Gasteiger partial charge in [0.05, 0.1) is 4.92 Å². The van der Waals surface area contributed by atoms with Crippen LogP contribution in [0.4, 0.5) is 17.1 Å². The molecule has 1 N–H and O–H groups in total. The highest BCUT2D eigenvalue weighted by molar-refractivity contribution is 6.05. The number of carbonyl (C=O) groups is 1. The Morgan fingerprint density at radius 1 is 1.26 bits per heavy atom. The molecule has 3 rings (SSSR count). The molecule has 6 heteroatoms. The van der Waals surface area contributed by atoms with Crippen molar-refractivity contribution in [2.24, 2.45) is 5.92 Å². The summed E-state index contributed by atoms with van der Waals surface area (Å²) in [4.78, 5) is 25.8. The molecular formula is C21H25N3O3. The number of benzene rings is 2. The summed E-state index contributed by atoms with van der Waals surface area (Å²) in [7, 11) is 0. The summed E-state index contributed by atoms with van der Waals surface area (Å²) in [6.45, 7) is 5.83. The lowest BCUT2D eigenvalue weighted by molar-refractivity contribution is -0.384. The van der Waals surface area contributed by atoms with Crippen LogP contribution in [0.2, 0.25) is 0 Å². The van der Waals surface area contributed by atoms with Crippen molar-refractivity contribution < 1.29 is 9.72 Å². The van der Waals surface area contributed by atoms with E-state index in [2.05, 4.69) is 24.1 Å². The second-order valence-electron chi connectivity index (χ2n) is 7.16. The quantitative estimate of drug-likeness (QED) is 0.617. The van der Waals surface area contributed by atoms with Crippen LogP contribution >= 0.6 is 0 Å². The van der Waals surface area contributed by atoms with Crippen LogP contribution in [0.25, 0.3) is 0 Å². The average Bonchev–Trinajstić information content (AvgIpc) is 2.68. The molecule has 0 aliphatic carbocycles. The lowest BCUT2D eigenvalue weighted by Gasteiger charge is -2.32. The third kappa shape index (κ3) is 4.45. The van der Waals surface area contributed by atoms with E-state index in [-0.39, 0.29) is 17.2 Å². The Balaban J connectivity index is 1.82. The van der Waals surface area contributed by atoms with E-state index < -0.39 is 4.92 Å². The van der Waals surface area contributed by atoms with Gasteiger partial charge in [-0.3, -0.25) is 14.9 Å². The van der Waals surface area contributed by atoms with Crippen molar-refractivity contribution in [3.8, 4) is 0 Å². The third-order valence-electron chi connectivity index (χ3n) is 5.05. The second kappa shape index (κ2) is 8.20. The fraction of sp³-hybridized carbons (Fsp3) is 0.381. The third-order valence-corrected chi connectivity index (χ3v) is 5.05. The van der Waals surface area contributed by atoms with E-state index in [1.165, 1.54) is 11.6 Å². The van der Waals surface area contributed by atoms with E-state index in [0.717, 1.165) is 32.4 Å². The zero-order valence-corrected chi connectivity index (χ0v) is 15.8. The molecule has 0 radical (unpaired) electrons. The number of amides is 1. The van der Waals surface area contributed by atoms with Gasteiger partial charge in [0.25, 0.3) is 11.6 Å². The number of anilines is 2. The topological polar surface area (TPSA) is 75.5 Å². The van der Waals surface area contributed by atoms with Gasteiger partial charge in [-0.25, -0.2) is 0 Å². The Bertz CT molecular complexity index is 833. The van der Waals surface area contributed by atoms with Crippen molar-refractivity contribution in [2.45, 2.75) is 33.1 Å². The number of nitrogens with one attached hydrogen (secondary N) is 1. The Hall–Kier alpha value is -2.89. The van der Waals surface area contributed by atoms with Crippen LogP contribution in [0, 0.1) is 16.0 Å². The van der Waals surface area contributed by atoms with E-state index in [1.807, 2.05) is 24.3 Å². The van der Waals surface area contributed by atoms with Gasteiger partial charge in [-0.2, -0.15) is 0 Å². The molecule has 1 aliphatic rings. The number of rotatable bonds is 5. The smallest absolute Gasteiger partial charge is 0.293 e. The molecule has 1 atom stereocenters. The van der Waals surface area contributed by atoms with Crippen LogP contribution < -0.4 is 10.2 Å². The lowest BCUT2D eigenvalue weighted by atomic mass is 9.99. The molecule has 1 fully saturated rings. The molecule has 0 saturated carbocycles. The van der Waals surface area contributed by atoms with Gasteiger partial charge >= 0.3 is 0 Å². The average molecular weight is 367 g/mol. The molecule has 1 amide bonds. The van der Waals surface area contributed by atoms with Gasteiger partial charge in [-0.15, -0.1) is 0 Å². The first-order valence-corrected chi connectivity index (χ1v) is 9.41. The predicted molar refractivity (Wildman–Crippen MR) is 107 cm³/mol. The number of nitrogens with zero attached hydrogens (tertiary/aromatic N) is 2. The van der Waals surface area contributed by atoms with Gasteiger partial charge in [-0.05, 0) is 55.0 Å². The molecule has 0 bridgehead atoms. The van der Waals surface area contributed by atoms with Gasteiger partial charge in [0.1, 0.15) is 5.69 Å². The number of carbonyl (C=O) groups excluding carboxylic acids is 1. The van der Waals surface area contributed by atoms with Crippen LogP contribution in [0.3, 0.4) is 0 Å². The number of aryl methyl sites for hydroxylation is 1. The van der Waals surface area contributed by atoms with E-state index in [0.29, 0.717) is 17.3 Å². The summed E-state index contributed by atoms with van der Waals surface area (Å²) in [5.74, 6) is 0.160. The molecule has 6 nitrogen and oxygen atoms in total. The summed E-state index contributed by atoms with van der Waals surface area (Å²) in [6, 6.07) is 12.3. The Morgan fingerprint density at radius 2 is 2.00 bits per heavy atom. The van der Waals surface area contributed by atoms with Gasteiger partial charge < -0.3 is 10.2 Å². The number of hydrogen-bond donors (Lipinski definition) is 1. The molecule has 0 spiro atoms. The van der Waals surface area contributed by atoms with Crippen molar-refractivity contribution in [3.05, 3.63) is 63.7 Å². The highest BCUT2D eigenvalue weighted by atomic mass is 16.6. The molecule has 1 saturated heterocycles. The Morgan fingerprint density at radius 3 is 2.63 bits per heavy atom. The predicted octanol–water partition coefficient (Wildman–Crippen LogP) is 4.65. The number of nitro benzene ring substituents is 1. The summed E-state index contributed by atoms with van der Waals surface area (Å²) in [6.07, 6.45) is 3.09. The van der Waals surface area contributed by atoms with E-state index in [9.17, 15) is 14.9 Å². The fourth-order valence-electron chi connectivity index (χ4n) is 3.51. The van der Waals surface area contributed by atoms with Crippen LogP contribution in [-0.4, -0.2) is 23.9 Å². The standard InChI is InChI=1S/C21H25N3O3/c1-3-16-6-9-18(10-7-16)22-21(25)17-8-11-19(20(13-17)24(26)27)23-12-4-5-15(2)14-23/h6-11,13,15H,3-5,12,14H2,1-2H3,(H,22,25)/t15-/m1/s1. The SMILES string of the molecule is CCc1ccc(NC(=O)c2ccc(N3CCC[C@@H](C)C3)c([N+](=O)[O-])c2)cc1. The molecular weight excluding hydrogens is 342 g/mol. The van der Waals surface area contributed by atoms with Crippen molar-refractivity contribution in [1.82, 2.24) is 0 Å². The number of piperidine rings is 1. The largest absolute Gasteiger partial charge is 0.366 e. The lowest BCUT2D eigenvalue weighted by Crippen LogP contribution is -2.34. The summed E-state index contributed by atoms with van der Waals surface area (Å²) in [5, 5.41) is 14.4. The van der Waals surface area contributed by atoms with Crippen LogP contribution in [-0.2, 0) is 6.42 Å². The fourth-order valence-corrected chi connectivity index (χ4v) is 3.51. The molecule has 142 valence electrons.